The number of hydrogen-bond donors (Lipinski definition) is 1. The topological polar surface area (TPSA) is 89.3 Å². The van der Waals surface area contributed by atoms with Gasteiger partial charge in [0.25, 0.3) is 5.69 Å². The van der Waals surface area contributed by atoms with E-state index in [0.717, 1.165) is 31.7 Å². The van der Waals surface area contributed by atoms with E-state index in [2.05, 4.69) is 20.7 Å². The molecular formula is C12H14BrClN2O4S. The standard InChI is InChI=1S/C12H14BrClN2O4S/c13-9-3-1-2-4-11(9)15-21(19,20)12-7-8(16(17)18)5-6-10(12)14/h5-7,9,11,15H,1-4H2. The highest BCUT2D eigenvalue weighted by Gasteiger charge is 2.29. The molecule has 2 atom stereocenters. The number of nitrogens with one attached hydrogen (secondary N) is 1. The number of hydrogen-bond acceptors (Lipinski definition) is 4. The summed E-state index contributed by atoms with van der Waals surface area (Å²) in [7, 11) is -3.90. The Bertz CT molecular complexity index is 653. The van der Waals surface area contributed by atoms with Gasteiger partial charge in [0.2, 0.25) is 10.0 Å². The SMILES string of the molecule is O=[N+]([O-])c1ccc(Cl)c(S(=O)(=O)NC2CCCCC2Br)c1. The summed E-state index contributed by atoms with van der Waals surface area (Å²) in [6.45, 7) is 0. The van der Waals surface area contributed by atoms with E-state index in [1.54, 1.807) is 0 Å². The van der Waals surface area contributed by atoms with E-state index in [9.17, 15) is 18.5 Å². The molecule has 1 N–H and O–H groups in total. The molecule has 1 aliphatic carbocycles. The van der Waals surface area contributed by atoms with Gasteiger partial charge in [-0.3, -0.25) is 10.1 Å². The van der Waals surface area contributed by atoms with Crippen LogP contribution >= 0.6 is 27.5 Å². The molecule has 0 amide bonds. The molecule has 6 nitrogen and oxygen atoms in total. The Morgan fingerprint density at radius 1 is 1.33 bits per heavy atom. The predicted molar refractivity (Wildman–Crippen MR) is 83.4 cm³/mol. The summed E-state index contributed by atoms with van der Waals surface area (Å²) in [5, 5.41) is 10.7. The van der Waals surface area contributed by atoms with E-state index in [1.807, 2.05) is 0 Å². The lowest BCUT2D eigenvalue weighted by molar-refractivity contribution is -0.385. The summed E-state index contributed by atoms with van der Waals surface area (Å²) in [5.41, 5.74) is -0.307. The lowest BCUT2D eigenvalue weighted by Crippen LogP contribution is -2.42. The van der Waals surface area contributed by atoms with Crippen LogP contribution in [0.2, 0.25) is 5.02 Å². The van der Waals surface area contributed by atoms with Crippen molar-refractivity contribution in [3.8, 4) is 0 Å². The fraction of sp³-hybridized carbons (Fsp3) is 0.500. The lowest BCUT2D eigenvalue weighted by atomic mass is 9.96. The molecule has 0 spiro atoms. The second-order valence-corrected chi connectivity index (χ2v) is 8.17. The number of non-ortho nitro benzene ring substituents is 1. The first-order valence-electron chi connectivity index (χ1n) is 6.41. The van der Waals surface area contributed by atoms with Crippen LogP contribution in [0, 0.1) is 10.1 Å². The average molecular weight is 398 g/mol. The molecule has 21 heavy (non-hydrogen) atoms. The third-order valence-corrected chi connectivity index (χ3v) is 6.47. The van der Waals surface area contributed by atoms with Crippen molar-refractivity contribution in [2.45, 2.75) is 41.4 Å². The predicted octanol–water partition coefficient (Wildman–Crippen LogP) is 3.23. The summed E-state index contributed by atoms with van der Waals surface area (Å²) < 4.78 is 27.4. The van der Waals surface area contributed by atoms with Crippen LogP contribution in [0.25, 0.3) is 0 Å². The Labute approximate surface area is 136 Å². The van der Waals surface area contributed by atoms with Gasteiger partial charge in [-0.1, -0.05) is 40.4 Å². The Kier molecular flexibility index (Phi) is 5.24. The zero-order valence-electron chi connectivity index (χ0n) is 11.0. The van der Waals surface area contributed by atoms with Crippen LogP contribution in [-0.2, 0) is 10.0 Å². The van der Waals surface area contributed by atoms with Crippen molar-refractivity contribution in [3.05, 3.63) is 33.3 Å². The monoisotopic (exact) mass is 396 g/mol. The largest absolute Gasteiger partial charge is 0.270 e. The highest BCUT2D eigenvalue weighted by Crippen LogP contribution is 2.29. The summed E-state index contributed by atoms with van der Waals surface area (Å²) in [5.74, 6) is 0. The van der Waals surface area contributed by atoms with E-state index in [4.69, 9.17) is 11.6 Å². The van der Waals surface area contributed by atoms with Crippen molar-refractivity contribution in [2.75, 3.05) is 0 Å². The van der Waals surface area contributed by atoms with Crippen LogP contribution in [-0.4, -0.2) is 24.2 Å². The maximum atomic E-state index is 12.4. The molecule has 1 saturated carbocycles. The first-order chi connectivity index (χ1) is 9.81. The minimum absolute atomic E-state index is 0.0324. The van der Waals surface area contributed by atoms with Gasteiger partial charge in [-0.05, 0) is 18.9 Å². The molecule has 0 bridgehead atoms. The zero-order chi connectivity index (χ0) is 15.6. The van der Waals surface area contributed by atoms with Crippen molar-refractivity contribution in [1.82, 2.24) is 4.72 Å². The first kappa shape index (κ1) is 16.7. The van der Waals surface area contributed by atoms with Gasteiger partial charge in [-0.25, -0.2) is 13.1 Å². The smallest absolute Gasteiger partial charge is 0.258 e. The fourth-order valence-corrected chi connectivity index (χ4v) is 5.02. The van der Waals surface area contributed by atoms with Gasteiger partial charge in [0, 0.05) is 23.0 Å². The Balaban J connectivity index is 2.30. The molecule has 2 rings (SSSR count). The van der Waals surface area contributed by atoms with Gasteiger partial charge < -0.3 is 0 Å². The van der Waals surface area contributed by atoms with Crippen molar-refractivity contribution in [2.24, 2.45) is 0 Å². The highest BCUT2D eigenvalue weighted by atomic mass is 79.9. The van der Waals surface area contributed by atoms with Gasteiger partial charge in [0.05, 0.1) is 9.95 Å². The number of rotatable bonds is 4. The molecule has 0 aliphatic heterocycles. The molecule has 0 heterocycles. The van der Waals surface area contributed by atoms with Crippen LogP contribution in [0.4, 0.5) is 5.69 Å². The number of sulfonamides is 1. The summed E-state index contributed by atoms with van der Waals surface area (Å²) in [4.78, 5) is 9.92. The highest BCUT2D eigenvalue weighted by molar-refractivity contribution is 9.09. The quantitative estimate of drug-likeness (QED) is 0.480. The van der Waals surface area contributed by atoms with E-state index >= 15 is 0 Å². The van der Waals surface area contributed by atoms with Gasteiger partial charge in [-0.15, -0.1) is 0 Å². The zero-order valence-corrected chi connectivity index (χ0v) is 14.1. The first-order valence-corrected chi connectivity index (χ1v) is 9.19. The third-order valence-electron chi connectivity index (χ3n) is 3.40. The number of nitro groups is 1. The molecule has 1 fully saturated rings. The van der Waals surface area contributed by atoms with Crippen LogP contribution < -0.4 is 4.72 Å². The minimum atomic E-state index is -3.90. The van der Waals surface area contributed by atoms with Crippen LogP contribution in [0.15, 0.2) is 23.1 Å². The van der Waals surface area contributed by atoms with E-state index in [1.165, 1.54) is 12.1 Å². The van der Waals surface area contributed by atoms with Crippen molar-refractivity contribution >= 4 is 43.2 Å². The van der Waals surface area contributed by atoms with Crippen LogP contribution in [0.3, 0.4) is 0 Å². The minimum Gasteiger partial charge on any atom is -0.258 e. The van der Waals surface area contributed by atoms with Crippen molar-refractivity contribution in [3.63, 3.8) is 0 Å². The van der Waals surface area contributed by atoms with Crippen molar-refractivity contribution in [1.29, 1.82) is 0 Å². The molecule has 0 radical (unpaired) electrons. The summed E-state index contributed by atoms with van der Waals surface area (Å²) in [6, 6.07) is 3.14. The number of halogens is 2. The summed E-state index contributed by atoms with van der Waals surface area (Å²) in [6.07, 6.45) is 3.60. The van der Waals surface area contributed by atoms with Gasteiger partial charge in [0.15, 0.2) is 0 Å². The maximum absolute atomic E-state index is 12.4. The Hall–Kier alpha value is -0.700. The average Bonchev–Trinajstić information content (AvgIpc) is 2.41. The second kappa shape index (κ2) is 6.60. The molecule has 2 unspecified atom stereocenters. The van der Waals surface area contributed by atoms with Crippen LogP contribution in [0.5, 0.6) is 0 Å². The number of alkyl halides is 1. The second-order valence-electron chi connectivity index (χ2n) is 4.90. The molecule has 1 aliphatic rings. The van der Waals surface area contributed by atoms with Crippen molar-refractivity contribution < 1.29 is 13.3 Å². The van der Waals surface area contributed by atoms with Gasteiger partial charge >= 0.3 is 0 Å². The van der Waals surface area contributed by atoms with Gasteiger partial charge in [-0.2, -0.15) is 0 Å². The fourth-order valence-electron chi connectivity index (χ4n) is 2.29. The number of nitro benzene ring substituents is 1. The Morgan fingerprint density at radius 3 is 2.62 bits per heavy atom. The molecule has 1 aromatic carbocycles. The normalized spacial score (nSPS) is 23.0. The lowest BCUT2D eigenvalue weighted by Gasteiger charge is -2.28. The number of nitrogens with zero attached hydrogens (tertiary/aromatic N) is 1. The molecule has 0 saturated heterocycles. The van der Waals surface area contributed by atoms with E-state index in [0.29, 0.717) is 0 Å². The van der Waals surface area contributed by atoms with E-state index in [-0.39, 0.29) is 26.5 Å². The molecule has 1 aromatic rings. The van der Waals surface area contributed by atoms with Crippen LogP contribution in [0.1, 0.15) is 25.7 Å². The van der Waals surface area contributed by atoms with Gasteiger partial charge in [0.1, 0.15) is 4.90 Å². The maximum Gasteiger partial charge on any atom is 0.270 e. The molecule has 9 heteroatoms. The summed E-state index contributed by atoms with van der Waals surface area (Å²) >= 11 is 9.35. The molecule has 116 valence electrons. The van der Waals surface area contributed by atoms with E-state index < -0.39 is 14.9 Å². The molecule has 0 aromatic heterocycles. The molecular weight excluding hydrogens is 384 g/mol. The number of benzene rings is 1. The Morgan fingerprint density at radius 2 is 2.00 bits per heavy atom. The third kappa shape index (κ3) is 3.94.